The summed E-state index contributed by atoms with van der Waals surface area (Å²) in [6, 6.07) is 0. The van der Waals surface area contributed by atoms with Gasteiger partial charge in [0.1, 0.15) is 0 Å². The molecule has 56 valence electrons. The first-order valence-electron chi connectivity index (χ1n) is 3.67. The molecule has 0 bridgehead atoms. The van der Waals surface area contributed by atoms with Crippen molar-refractivity contribution in [3.05, 3.63) is 23.5 Å². The molecule has 0 aliphatic heterocycles. The Labute approximate surface area is 64.0 Å². The highest BCUT2D eigenvalue weighted by Gasteiger charge is 1.97. The molecule has 0 spiro atoms. The van der Waals surface area contributed by atoms with E-state index in [4.69, 9.17) is 4.52 Å². The van der Waals surface area contributed by atoms with E-state index >= 15 is 0 Å². The van der Waals surface area contributed by atoms with E-state index in [-0.39, 0.29) is 0 Å². The minimum atomic E-state index is 0.591. The third-order valence-corrected chi connectivity index (χ3v) is 2.26. The van der Waals surface area contributed by atoms with E-state index in [1.54, 1.807) is 0 Å². The Kier molecular flexibility index (Phi) is 3.71. The molecule has 0 aromatic carbocycles. The van der Waals surface area contributed by atoms with Crippen LogP contribution in [0.25, 0.3) is 0 Å². The van der Waals surface area contributed by atoms with E-state index < -0.39 is 0 Å². The van der Waals surface area contributed by atoms with Crippen molar-refractivity contribution in [2.24, 2.45) is 0 Å². The summed E-state index contributed by atoms with van der Waals surface area (Å²) >= 11 is 0. The average Bonchev–Trinajstić information content (AvgIpc) is 2.41. The maximum absolute atomic E-state index is 5.39. The molecule has 0 saturated heterocycles. The Hall–Kier alpha value is -0.130. The lowest BCUT2D eigenvalue weighted by atomic mass is 10.5. The minimum Gasteiger partial charge on any atom is -0.358 e. The van der Waals surface area contributed by atoms with Crippen LogP contribution in [0.2, 0.25) is 0 Å². The van der Waals surface area contributed by atoms with Crippen LogP contribution in [-0.2, 0) is 4.52 Å². The summed E-state index contributed by atoms with van der Waals surface area (Å²) in [7, 11) is 0.591. The maximum Gasteiger partial charge on any atom is 0.0507 e. The van der Waals surface area contributed by atoms with Gasteiger partial charge in [0.2, 0.25) is 0 Å². The lowest BCUT2D eigenvalue weighted by Gasteiger charge is -2.00. The van der Waals surface area contributed by atoms with E-state index in [2.05, 4.69) is 25.2 Å². The smallest absolute Gasteiger partial charge is 0.0507 e. The lowest BCUT2D eigenvalue weighted by Crippen LogP contribution is -1.80. The summed E-state index contributed by atoms with van der Waals surface area (Å²) in [4.78, 5) is 0. The minimum absolute atomic E-state index is 0.591. The molecule has 1 unspecified atom stereocenters. The Bertz CT molecular complexity index is 149. The van der Waals surface area contributed by atoms with E-state index in [0.717, 1.165) is 19.4 Å². The highest BCUT2D eigenvalue weighted by Crippen LogP contribution is 2.30. The molecule has 1 atom stereocenters. The zero-order chi connectivity index (χ0) is 7.23. The zero-order valence-electron chi connectivity index (χ0n) is 6.26. The third kappa shape index (κ3) is 2.64. The van der Waals surface area contributed by atoms with Gasteiger partial charge in [0, 0.05) is 8.81 Å². The van der Waals surface area contributed by atoms with Crippen LogP contribution in [0.1, 0.15) is 19.8 Å². The predicted molar refractivity (Wildman–Crippen MR) is 46.4 cm³/mol. The van der Waals surface area contributed by atoms with Crippen molar-refractivity contribution in [1.29, 1.82) is 0 Å². The zero-order valence-corrected chi connectivity index (χ0v) is 7.26. The fraction of sp³-hybridized carbons (Fsp3) is 0.500. The molecule has 0 heterocycles. The molecule has 0 aromatic heterocycles. The largest absolute Gasteiger partial charge is 0.358 e. The fourth-order valence-electron chi connectivity index (χ4n) is 0.769. The molecular formula is C8H13OP. The van der Waals surface area contributed by atoms with Crippen molar-refractivity contribution in [3.8, 4) is 0 Å². The van der Waals surface area contributed by atoms with Crippen LogP contribution < -0.4 is 0 Å². The summed E-state index contributed by atoms with van der Waals surface area (Å²) in [5, 5.41) is 1.42. The summed E-state index contributed by atoms with van der Waals surface area (Å²) in [5.74, 6) is 0. The third-order valence-electron chi connectivity index (χ3n) is 1.28. The van der Waals surface area contributed by atoms with Crippen LogP contribution in [0.15, 0.2) is 23.5 Å². The Morgan fingerprint density at radius 3 is 3.20 bits per heavy atom. The van der Waals surface area contributed by atoms with Crippen molar-refractivity contribution in [1.82, 2.24) is 0 Å². The topological polar surface area (TPSA) is 9.23 Å². The van der Waals surface area contributed by atoms with Crippen molar-refractivity contribution in [2.75, 3.05) is 6.61 Å². The second kappa shape index (κ2) is 4.65. The van der Waals surface area contributed by atoms with Gasteiger partial charge < -0.3 is 4.52 Å². The first kappa shape index (κ1) is 7.97. The van der Waals surface area contributed by atoms with Crippen molar-refractivity contribution < 1.29 is 4.52 Å². The Morgan fingerprint density at radius 1 is 1.70 bits per heavy atom. The molecule has 0 amide bonds. The van der Waals surface area contributed by atoms with Crippen LogP contribution in [0.3, 0.4) is 0 Å². The standard InChI is InChI=1S/C8H13OP/c1-2-7-9-10-8-5-3-4-6-8/h3-5,10H,2,6-7H2,1H3. The molecule has 1 aliphatic rings. The summed E-state index contributed by atoms with van der Waals surface area (Å²) in [6.07, 6.45) is 8.62. The predicted octanol–water partition coefficient (Wildman–Crippen LogP) is 2.85. The summed E-state index contributed by atoms with van der Waals surface area (Å²) in [5.41, 5.74) is 0. The van der Waals surface area contributed by atoms with Crippen LogP contribution in [0.4, 0.5) is 0 Å². The Balaban J connectivity index is 2.04. The maximum atomic E-state index is 5.39. The fourth-order valence-corrected chi connectivity index (χ4v) is 1.63. The number of hydrogen-bond acceptors (Lipinski definition) is 1. The molecule has 1 aliphatic carbocycles. The van der Waals surface area contributed by atoms with Crippen LogP contribution in [0.5, 0.6) is 0 Å². The van der Waals surface area contributed by atoms with Gasteiger partial charge in [0.25, 0.3) is 0 Å². The van der Waals surface area contributed by atoms with Gasteiger partial charge in [-0.15, -0.1) is 0 Å². The molecule has 1 nitrogen and oxygen atoms in total. The molecule has 1 rings (SSSR count). The molecular weight excluding hydrogens is 143 g/mol. The number of hydrogen-bond donors (Lipinski definition) is 0. The number of rotatable bonds is 4. The first-order valence-corrected chi connectivity index (χ1v) is 4.58. The van der Waals surface area contributed by atoms with E-state index in [9.17, 15) is 0 Å². The van der Waals surface area contributed by atoms with Crippen molar-refractivity contribution in [2.45, 2.75) is 19.8 Å². The van der Waals surface area contributed by atoms with E-state index in [0.29, 0.717) is 8.81 Å². The van der Waals surface area contributed by atoms with Gasteiger partial charge in [-0.1, -0.05) is 25.2 Å². The molecule has 0 N–H and O–H groups in total. The molecule has 10 heavy (non-hydrogen) atoms. The lowest BCUT2D eigenvalue weighted by molar-refractivity contribution is 0.364. The summed E-state index contributed by atoms with van der Waals surface area (Å²) < 4.78 is 5.39. The van der Waals surface area contributed by atoms with Crippen LogP contribution >= 0.6 is 8.81 Å². The van der Waals surface area contributed by atoms with Crippen LogP contribution in [-0.4, -0.2) is 6.61 Å². The highest BCUT2D eigenvalue weighted by atomic mass is 31.1. The normalized spacial score (nSPS) is 17.1. The molecule has 2 heteroatoms. The molecule has 0 saturated carbocycles. The monoisotopic (exact) mass is 156 g/mol. The van der Waals surface area contributed by atoms with Gasteiger partial charge in [-0.3, -0.25) is 0 Å². The van der Waals surface area contributed by atoms with E-state index in [1.807, 2.05) is 0 Å². The van der Waals surface area contributed by atoms with Gasteiger partial charge in [0.15, 0.2) is 0 Å². The molecule has 0 aromatic rings. The Morgan fingerprint density at radius 2 is 2.60 bits per heavy atom. The second-order valence-electron chi connectivity index (χ2n) is 2.27. The second-order valence-corrected chi connectivity index (χ2v) is 3.41. The van der Waals surface area contributed by atoms with Crippen molar-refractivity contribution >= 4 is 8.81 Å². The van der Waals surface area contributed by atoms with Gasteiger partial charge in [-0.05, 0) is 18.2 Å². The highest BCUT2D eigenvalue weighted by molar-refractivity contribution is 7.37. The van der Waals surface area contributed by atoms with Gasteiger partial charge >= 0.3 is 0 Å². The van der Waals surface area contributed by atoms with Gasteiger partial charge in [0.05, 0.1) is 6.61 Å². The van der Waals surface area contributed by atoms with Crippen molar-refractivity contribution in [3.63, 3.8) is 0 Å². The van der Waals surface area contributed by atoms with Gasteiger partial charge in [-0.25, -0.2) is 0 Å². The van der Waals surface area contributed by atoms with E-state index in [1.165, 1.54) is 5.31 Å². The van der Waals surface area contributed by atoms with Gasteiger partial charge in [-0.2, -0.15) is 0 Å². The number of allylic oxidation sites excluding steroid dienone is 4. The van der Waals surface area contributed by atoms with Crippen LogP contribution in [0, 0.1) is 0 Å². The average molecular weight is 156 g/mol. The molecule has 0 fully saturated rings. The quantitative estimate of drug-likeness (QED) is 0.449. The summed E-state index contributed by atoms with van der Waals surface area (Å²) in [6.45, 7) is 3.03. The molecule has 0 radical (unpaired) electrons. The first-order chi connectivity index (χ1) is 4.93. The SMILES string of the molecule is CCCOPC1=CC=CC1.